The van der Waals surface area contributed by atoms with Gasteiger partial charge >= 0.3 is 5.97 Å². The molecule has 0 radical (unpaired) electrons. The molecule has 1 amide bonds. The Balaban J connectivity index is 1.75. The molecule has 0 N–H and O–H groups in total. The van der Waals surface area contributed by atoms with Crippen LogP contribution >= 0.6 is 11.8 Å². The van der Waals surface area contributed by atoms with Crippen LogP contribution in [-0.2, 0) is 9.53 Å². The number of hydrogen-bond donors (Lipinski definition) is 0. The second kappa shape index (κ2) is 9.46. The van der Waals surface area contributed by atoms with Crippen LogP contribution in [0.4, 0.5) is 5.69 Å². The first-order valence-electron chi connectivity index (χ1n) is 9.79. The molecule has 2 aromatic rings. The Labute approximate surface area is 177 Å². The number of nitrogens with zero attached hydrogens (tertiary/aromatic N) is 2. The molecule has 1 aliphatic rings. The number of carbonyl (C=O) groups is 2. The lowest BCUT2D eigenvalue weighted by Gasteiger charge is -2.26. The Morgan fingerprint density at radius 1 is 1.17 bits per heavy atom. The predicted octanol–water partition coefficient (Wildman–Crippen LogP) is 4.19. The van der Waals surface area contributed by atoms with Crippen LogP contribution in [-0.4, -0.2) is 49.8 Å². The van der Waals surface area contributed by atoms with Gasteiger partial charge in [-0.2, -0.15) is 0 Å². The molecule has 6 heteroatoms. The van der Waals surface area contributed by atoms with Gasteiger partial charge in [0, 0.05) is 12.2 Å². The molecule has 0 saturated carbocycles. The van der Waals surface area contributed by atoms with E-state index in [9.17, 15) is 9.59 Å². The fourth-order valence-corrected chi connectivity index (χ4v) is 4.51. The van der Waals surface area contributed by atoms with Crippen LogP contribution in [0.5, 0.6) is 0 Å². The van der Waals surface area contributed by atoms with Crippen molar-refractivity contribution in [1.29, 1.82) is 0 Å². The van der Waals surface area contributed by atoms with Crippen molar-refractivity contribution >= 4 is 29.3 Å². The van der Waals surface area contributed by atoms with Crippen molar-refractivity contribution in [2.45, 2.75) is 25.6 Å². The minimum Gasteiger partial charge on any atom is -0.462 e. The van der Waals surface area contributed by atoms with Gasteiger partial charge in [-0.25, -0.2) is 4.79 Å². The van der Waals surface area contributed by atoms with E-state index in [1.54, 1.807) is 17.8 Å². The number of ether oxygens (including phenoxy) is 1. The van der Waals surface area contributed by atoms with E-state index in [1.807, 2.05) is 38.1 Å². The number of benzene rings is 2. The molecule has 3 rings (SSSR count). The summed E-state index contributed by atoms with van der Waals surface area (Å²) in [4.78, 5) is 28.9. The Morgan fingerprint density at radius 2 is 1.90 bits per heavy atom. The number of hydrogen-bond acceptors (Lipinski definition) is 5. The molecule has 5 nitrogen and oxygen atoms in total. The highest BCUT2D eigenvalue weighted by atomic mass is 32.2. The lowest BCUT2D eigenvalue weighted by atomic mass is 10.1. The van der Waals surface area contributed by atoms with Crippen molar-refractivity contribution in [1.82, 2.24) is 4.90 Å². The van der Waals surface area contributed by atoms with Crippen LogP contribution in [0.25, 0.3) is 0 Å². The van der Waals surface area contributed by atoms with Crippen LogP contribution in [0.15, 0.2) is 42.5 Å². The predicted molar refractivity (Wildman–Crippen MR) is 118 cm³/mol. The molecule has 0 aliphatic carbocycles. The fraction of sp³-hybridized carbons (Fsp3) is 0.391. The number of rotatable bonds is 7. The smallest absolute Gasteiger partial charge is 0.338 e. The molecule has 0 bridgehead atoms. The zero-order valence-corrected chi connectivity index (χ0v) is 18.3. The summed E-state index contributed by atoms with van der Waals surface area (Å²) < 4.78 is 5.37. The second-order valence-electron chi connectivity index (χ2n) is 7.63. The summed E-state index contributed by atoms with van der Waals surface area (Å²) in [6, 6.07) is 13.7. The largest absolute Gasteiger partial charge is 0.462 e. The number of carbonyl (C=O) groups excluding carboxylic acids is 2. The number of aryl methyl sites for hydroxylation is 2. The van der Waals surface area contributed by atoms with E-state index in [-0.39, 0.29) is 17.3 Å². The Hall–Kier alpha value is -2.31. The average Bonchev–Trinajstić information content (AvgIpc) is 3.06. The van der Waals surface area contributed by atoms with Gasteiger partial charge in [-0.15, -0.1) is 11.8 Å². The molecular formula is C23H28N2O3S. The molecule has 1 unspecified atom stereocenters. The minimum absolute atomic E-state index is 0.0503. The molecule has 1 aliphatic heterocycles. The maximum absolute atomic E-state index is 12.6. The summed E-state index contributed by atoms with van der Waals surface area (Å²) in [7, 11) is 3.98. The topological polar surface area (TPSA) is 49.9 Å². The van der Waals surface area contributed by atoms with Gasteiger partial charge in [-0.3, -0.25) is 9.69 Å². The van der Waals surface area contributed by atoms with E-state index in [2.05, 4.69) is 36.1 Å². The molecule has 1 atom stereocenters. The maximum atomic E-state index is 12.6. The highest BCUT2D eigenvalue weighted by Gasteiger charge is 2.34. The number of thioether (sulfide) groups is 1. The van der Waals surface area contributed by atoms with Gasteiger partial charge in [-0.05, 0) is 63.7 Å². The van der Waals surface area contributed by atoms with Crippen LogP contribution < -0.4 is 4.90 Å². The molecule has 2 aromatic carbocycles. The van der Waals surface area contributed by atoms with Gasteiger partial charge in [0.05, 0.1) is 17.9 Å². The maximum Gasteiger partial charge on any atom is 0.338 e. The van der Waals surface area contributed by atoms with Gasteiger partial charge in [-0.1, -0.05) is 29.8 Å². The number of amides is 1. The second-order valence-corrected chi connectivity index (χ2v) is 8.70. The zero-order valence-electron chi connectivity index (χ0n) is 17.5. The normalized spacial score (nSPS) is 16.5. The summed E-state index contributed by atoms with van der Waals surface area (Å²) in [5.74, 6) is 0.214. The third-order valence-electron chi connectivity index (χ3n) is 4.91. The van der Waals surface area contributed by atoms with E-state index >= 15 is 0 Å². The molecular weight excluding hydrogens is 384 g/mol. The van der Waals surface area contributed by atoms with Crippen molar-refractivity contribution < 1.29 is 14.3 Å². The van der Waals surface area contributed by atoms with Crippen molar-refractivity contribution in [2.75, 3.05) is 37.9 Å². The summed E-state index contributed by atoms with van der Waals surface area (Å²) in [6.07, 6.45) is 0.799. The first-order chi connectivity index (χ1) is 13.9. The third-order valence-corrected chi connectivity index (χ3v) is 6.12. The molecule has 29 heavy (non-hydrogen) atoms. The lowest BCUT2D eigenvalue weighted by Crippen LogP contribution is -2.28. The van der Waals surface area contributed by atoms with Crippen molar-refractivity contribution in [3.8, 4) is 0 Å². The Bertz CT molecular complexity index is 880. The highest BCUT2D eigenvalue weighted by molar-refractivity contribution is 8.00. The fourth-order valence-electron chi connectivity index (χ4n) is 3.34. The van der Waals surface area contributed by atoms with Gasteiger partial charge in [0.1, 0.15) is 5.37 Å². The van der Waals surface area contributed by atoms with E-state index < -0.39 is 0 Å². The van der Waals surface area contributed by atoms with Gasteiger partial charge < -0.3 is 9.64 Å². The van der Waals surface area contributed by atoms with Crippen molar-refractivity contribution in [2.24, 2.45) is 0 Å². The van der Waals surface area contributed by atoms with Gasteiger partial charge in [0.15, 0.2) is 0 Å². The lowest BCUT2D eigenvalue weighted by molar-refractivity contribution is -0.115. The van der Waals surface area contributed by atoms with Crippen molar-refractivity contribution in [3.05, 3.63) is 64.7 Å². The Morgan fingerprint density at radius 3 is 2.55 bits per heavy atom. The molecule has 154 valence electrons. The number of esters is 1. The highest BCUT2D eigenvalue weighted by Crippen LogP contribution is 2.42. The summed E-state index contributed by atoms with van der Waals surface area (Å²) in [5, 5.41) is -0.0503. The first-order valence-corrected chi connectivity index (χ1v) is 10.8. The quantitative estimate of drug-likeness (QED) is 0.504. The van der Waals surface area contributed by atoms with Crippen LogP contribution in [0.1, 0.15) is 38.8 Å². The van der Waals surface area contributed by atoms with E-state index in [1.165, 1.54) is 5.56 Å². The standard InChI is InChI=1S/C23H28N2O3S/c1-16-6-8-18(9-7-16)22-25(21(26)15-29-22)20-11-10-19(14-17(20)2)23(27)28-13-5-12-24(3)4/h6-11,14,22H,5,12-13,15H2,1-4H3. The summed E-state index contributed by atoms with van der Waals surface area (Å²) in [5.41, 5.74) is 4.55. The minimum atomic E-state index is -0.324. The molecule has 1 heterocycles. The molecule has 1 fully saturated rings. The van der Waals surface area contributed by atoms with Crippen LogP contribution in [0.2, 0.25) is 0 Å². The Kier molecular flexibility index (Phi) is 6.98. The van der Waals surface area contributed by atoms with E-state index in [0.29, 0.717) is 17.9 Å². The summed E-state index contributed by atoms with van der Waals surface area (Å²) >= 11 is 1.63. The third kappa shape index (κ3) is 5.19. The molecule has 0 spiro atoms. The summed E-state index contributed by atoms with van der Waals surface area (Å²) in [6.45, 7) is 5.26. The van der Waals surface area contributed by atoms with Gasteiger partial charge in [0.2, 0.25) is 5.91 Å². The van der Waals surface area contributed by atoms with Crippen LogP contribution in [0.3, 0.4) is 0 Å². The van der Waals surface area contributed by atoms with Crippen molar-refractivity contribution in [3.63, 3.8) is 0 Å². The zero-order chi connectivity index (χ0) is 21.0. The molecule has 0 aromatic heterocycles. The van der Waals surface area contributed by atoms with Gasteiger partial charge in [0.25, 0.3) is 0 Å². The monoisotopic (exact) mass is 412 g/mol. The van der Waals surface area contributed by atoms with E-state index in [0.717, 1.165) is 29.8 Å². The molecule has 1 saturated heterocycles. The number of anilines is 1. The van der Waals surface area contributed by atoms with E-state index in [4.69, 9.17) is 4.74 Å². The first kappa shape index (κ1) is 21.4. The SMILES string of the molecule is Cc1ccc(C2SCC(=O)N2c2ccc(C(=O)OCCCN(C)C)cc2C)cc1. The average molecular weight is 413 g/mol. The van der Waals surface area contributed by atoms with Crippen LogP contribution in [0, 0.1) is 13.8 Å².